The fourth-order valence-corrected chi connectivity index (χ4v) is 1.67. The Bertz CT molecular complexity index is 431. The molecule has 0 radical (unpaired) electrons. The molecular weight excluding hydrogens is 312 g/mol. The van der Waals surface area contributed by atoms with Crippen LogP contribution in [0.5, 0.6) is 5.75 Å². The van der Waals surface area contributed by atoms with Crippen LogP contribution in [0.2, 0.25) is 5.02 Å². The van der Waals surface area contributed by atoms with Crippen LogP contribution >= 0.6 is 27.5 Å². The van der Waals surface area contributed by atoms with E-state index in [2.05, 4.69) is 15.9 Å². The van der Waals surface area contributed by atoms with Crippen molar-refractivity contribution in [2.24, 2.45) is 0 Å². The number of hydrogen-bond acceptors (Lipinski definition) is 2. The van der Waals surface area contributed by atoms with Crippen LogP contribution in [0.1, 0.15) is 15.9 Å². The first kappa shape index (κ1) is 13.3. The molecule has 0 atom stereocenters. The van der Waals surface area contributed by atoms with E-state index in [-0.39, 0.29) is 10.4 Å². The van der Waals surface area contributed by atoms with E-state index in [0.717, 1.165) is 6.07 Å². The van der Waals surface area contributed by atoms with Crippen LogP contribution in [0.3, 0.4) is 0 Å². The Morgan fingerprint density at radius 2 is 2.00 bits per heavy atom. The first-order chi connectivity index (χ1) is 7.27. The summed E-state index contributed by atoms with van der Waals surface area (Å²) < 4.78 is 37.7. The third-order valence-corrected chi connectivity index (χ3v) is 2.52. The first-order valence-electron chi connectivity index (χ1n) is 3.96. The molecule has 2 nitrogen and oxygen atoms in total. The molecular formula is C9H5BrClF3O2. The maximum atomic E-state index is 12.6. The molecule has 1 N–H and O–H groups in total. The van der Waals surface area contributed by atoms with E-state index >= 15 is 0 Å². The van der Waals surface area contributed by atoms with E-state index in [0.29, 0.717) is 6.07 Å². The van der Waals surface area contributed by atoms with E-state index < -0.39 is 28.8 Å². The fraction of sp³-hybridized carbons (Fsp3) is 0.222. The molecule has 0 aromatic heterocycles. The highest BCUT2D eigenvalue weighted by molar-refractivity contribution is 9.09. The topological polar surface area (TPSA) is 37.3 Å². The molecule has 0 bridgehead atoms. The second-order valence-electron chi connectivity index (χ2n) is 2.90. The van der Waals surface area contributed by atoms with Gasteiger partial charge in [-0.2, -0.15) is 13.2 Å². The number of carbonyl (C=O) groups excluding carboxylic acids is 1. The molecule has 0 heterocycles. The van der Waals surface area contributed by atoms with Crippen molar-refractivity contribution in [3.05, 3.63) is 28.3 Å². The molecule has 0 aliphatic carbocycles. The summed E-state index contributed by atoms with van der Waals surface area (Å²) in [6.07, 6.45) is -4.74. The highest BCUT2D eigenvalue weighted by atomic mass is 79.9. The fourth-order valence-electron chi connectivity index (χ4n) is 1.18. The van der Waals surface area contributed by atoms with Crippen LogP contribution in [-0.4, -0.2) is 16.2 Å². The summed E-state index contributed by atoms with van der Waals surface area (Å²) in [5, 5.41) is 8.72. The molecule has 0 aliphatic rings. The zero-order valence-electron chi connectivity index (χ0n) is 7.61. The van der Waals surface area contributed by atoms with Crippen LogP contribution in [0, 0.1) is 0 Å². The molecule has 0 saturated heterocycles. The quantitative estimate of drug-likeness (QED) is 0.668. The van der Waals surface area contributed by atoms with Crippen molar-refractivity contribution in [2.45, 2.75) is 6.18 Å². The second kappa shape index (κ2) is 4.63. The van der Waals surface area contributed by atoms with Gasteiger partial charge in [-0.3, -0.25) is 4.79 Å². The number of phenols is 1. The molecule has 0 fully saturated rings. The summed E-state index contributed by atoms with van der Waals surface area (Å²) in [7, 11) is 0. The van der Waals surface area contributed by atoms with Gasteiger partial charge in [-0.25, -0.2) is 0 Å². The van der Waals surface area contributed by atoms with Crippen LogP contribution in [-0.2, 0) is 6.18 Å². The van der Waals surface area contributed by atoms with Crippen molar-refractivity contribution in [1.29, 1.82) is 0 Å². The number of benzene rings is 1. The zero-order valence-corrected chi connectivity index (χ0v) is 9.95. The summed E-state index contributed by atoms with van der Waals surface area (Å²) in [6, 6.07) is 1.50. The number of hydrogen-bond donors (Lipinski definition) is 1. The van der Waals surface area contributed by atoms with Crippen LogP contribution in [0.15, 0.2) is 12.1 Å². The van der Waals surface area contributed by atoms with Gasteiger partial charge >= 0.3 is 6.18 Å². The monoisotopic (exact) mass is 316 g/mol. The number of phenolic OH excluding ortho intramolecular Hbond substituents is 1. The van der Waals surface area contributed by atoms with Gasteiger partial charge in [-0.1, -0.05) is 27.5 Å². The number of carbonyl (C=O) groups is 1. The summed E-state index contributed by atoms with van der Waals surface area (Å²) in [6.45, 7) is 0. The van der Waals surface area contributed by atoms with Gasteiger partial charge in [0.1, 0.15) is 5.75 Å². The summed E-state index contributed by atoms with van der Waals surface area (Å²) in [5.41, 5.74) is -2.00. The predicted octanol–water partition coefficient (Wildman–Crippen LogP) is 3.64. The zero-order chi connectivity index (χ0) is 12.5. The summed E-state index contributed by atoms with van der Waals surface area (Å²) in [4.78, 5) is 11.3. The Morgan fingerprint density at radius 3 is 2.44 bits per heavy atom. The smallest absolute Gasteiger partial charge is 0.417 e. The van der Waals surface area contributed by atoms with Crippen molar-refractivity contribution in [3.8, 4) is 5.75 Å². The molecule has 0 amide bonds. The molecule has 0 saturated carbocycles. The molecule has 88 valence electrons. The lowest BCUT2D eigenvalue weighted by Crippen LogP contribution is -2.14. The van der Waals surface area contributed by atoms with Gasteiger partial charge in [0.2, 0.25) is 0 Å². The summed E-state index contributed by atoms with van der Waals surface area (Å²) >= 11 is 8.14. The Kier molecular flexibility index (Phi) is 3.85. The lowest BCUT2D eigenvalue weighted by molar-refractivity contribution is -0.138. The van der Waals surface area contributed by atoms with Gasteiger partial charge in [0, 0.05) is 5.02 Å². The normalized spacial score (nSPS) is 11.6. The maximum Gasteiger partial charge on any atom is 0.417 e. The maximum absolute atomic E-state index is 12.6. The number of ketones is 1. The molecule has 0 aliphatic heterocycles. The molecule has 0 unspecified atom stereocenters. The molecule has 16 heavy (non-hydrogen) atoms. The minimum atomic E-state index is -4.74. The molecule has 0 spiro atoms. The number of halogens is 5. The number of rotatable bonds is 2. The minimum absolute atomic E-state index is 0.282. The van der Waals surface area contributed by atoms with Crippen LogP contribution in [0.4, 0.5) is 13.2 Å². The molecule has 1 aromatic carbocycles. The first-order valence-corrected chi connectivity index (χ1v) is 5.46. The third-order valence-electron chi connectivity index (χ3n) is 1.79. The number of aromatic hydroxyl groups is 1. The van der Waals surface area contributed by atoms with Crippen molar-refractivity contribution in [1.82, 2.24) is 0 Å². The second-order valence-corrected chi connectivity index (χ2v) is 3.90. The molecule has 1 rings (SSSR count). The van der Waals surface area contributed by atoms with Crippen molar-refractivity contribution in [3.63, 3.8) is 0 Å². The van der Waals surface area contributed by atoms with Gasteiger partial charge < -0.3 is 5.11 Å². The minimum Gasteiger partial charge on any atom is -0.507 e. The van der Waals surface area contributed by atoms with E-state index in [1.54, 1.807) is 0 Å². The van der Waals surface area contributed by atoms with Gasteiger partial charge in [0.25, 0.3) is 0 Å². The Hall–Kier alpha value is -0.750. The standard InChI is InChI=1S/C9H5BrClF3O2/c10-3-7(16)8-5(9(12,13)14)1-4(11)2-6(8)15/h1-2,15H,3H2. The van der Waals surface area contributed by atoms with Crippen molar-refractivity contribution < 1.29 is 23.1 Å². The predicted molar refractivity (Wildman–Crippen MR) is 56.2 cm³/mol. The van der Waals surface area contributed by atoms with Crippen LogP contribution < -0.4 is 0 Å². The summed E-state index contributed by atoms with van der Waals surface area (Å²) in [5.74, 6) is -1.63. The van der Waals surface area contributed by atoms with Gasteiger partial charge in [0.05, 0.1) is 16.5 Å². The largest absolute Gasteiger partial charge is 0.507 e. The van der Waals surface area contributed by atoms with E-state index in [1.165, 1.54) is 0 Å². The average molecular weight is 317 g/mol. The number of alkyl halides is 4. The lowest BCUT2D eigenvalue weighted by Gasteiger charge is -2.13. The highest BCUT2D eigenvalue weighted by Crippen LogP contribution is 2.38. The van der Waals surface area contributed by atoms with Crippen molar-refractivity contribution >= 4 is 33.3 Å². The van der Waals surface area contributed by atoms with Crippen molar-refractivity contribution in [2.75, 3.05) is 5.33 Å². The van der Waals surface area contributed by atoms with Crippen LogP contribution in [0.25, 0.3) is 0 Å². The average Bonchev–Trinajstić information content (AvgIpc) is 2.14. The van der Waals surface area contributed by atoms with Gasteiger partial charge in [-0.15, -0.1) is 0 Å². The van der Waals surface area contributed by atoms with E-state index in [1.807, 2.05) is 0 Å². The Balaban J connectivity index is 3.51. The van der Waals surface area contributed by atoms with E-state index in [9.17, 15) is 23.1 Å². The Labute approximate surface area is 102 Å². The highest BCUT2D eigenvalue weighted by Gasteiger charge is 2.36. The Morgan fingerprint density at radius 1 is 1.44 bits per heavy atom. The molecule has 7 heteroatoms. The lowest BCUT2D eigenvalue weighted by atomic mass is 10.0. The molecule has 1 aromatic rings. The van der Waals surface area contributed by atoms with Gasteiger partial charge in [0.15, 0.2) is 5.78 Å². The van der Waals surface area contributed by atoms with Gasteiger partial charge in [-0.05, 0) is 12.1 Å². The van der Waals surface area contributed by atoms with E-state index in [4.69, 9.17) is 11.6 Å². The third kappa shape index (κ3) is 2.68. The SMILES string of the molecule is O=C(CBr)c1c(O)cc(Cl)cc1C(F)(F)F. The number of Topliss-reactive ketones (excluding diaryl/α,β-unsaturated/α-hetero) is 1.